The number of ether oxygens (including phenoxy) is 1. The number of hydrogen-bond donors (Lipinski definition) is 1. The lowest BCUT2D eigenvalue weighted by molar-refractivity contribution is 0.101. The van der Waals surface area contributed by atoms with Crippen molar-refractivity contribution in [2.24, 2.45) is 0 Å². The summed E-state index contributed by atoms with van der Waals surface area (Å²) in [5.41, 5.74) is 0. The minimum absolute atomic E-state index is 0. The number of piperidine rings is 1. The van der Waals surface area contributed by atoms with Crippen LogP contribution in [-0.4, -0.2) is 44.2 Å². The summed E-state index contributed by atoms with van der Waals surface area (Å²) in [7, 11) is 1.98. The fraction of sp³-hybridized carbons (Fsp3) is 0.571. The Morgan fingerprint density at radius 3 is 2.35 bits per heavy atom. The number of nitrogens with zero attached hydrogens (tertiary/aromatic N) is 1. The highest BCUT2D eigenvalue weighted by Gasteiger charge is 2.19. The fourth-order valence-corrected chi connectivity index (χ4v) is 2.23. The molecule has 0 aliphatic carbocycles. The number of likely N-dealkylation sites (N-methyl/N-ethyl adjacent to an activating group) is 1. The summed E-state index contributed by atoms with van der Waals surface area (Å²) in [4.78, 5) is 2.45. The van der Waals surface area contributed by atoms with Crippen molar-refractivity contribution in [1.82, 2.24) is 10.2 Å². The molecule has 1 saturated heterocycles. The summed E-state index contributed by atoms with van der Waals surface area (Å²) in [6.45, 7) is 4.28. The highest BCUT2D eigenvalue weighted by atomic mass is 35.5. The predicted molar refractivity (Wildman–Crippen MR) is 84.9 cm³/mol. The van der Waals surface area contributed by atoms with E-state index in [9.17, 15) is 4.39 Å². The Balaban J connectivity index is 0.00000180. The molecular formula is C14H23Cl2FN2O. The van der Waals surface area contributed by atoms with Gasteiger partial charge < -0.3 is 15.0 Å². The Kier molecular flexibility index (Phi) is 9.94. The van der Waals surface area contributed by atoms with Crippen LogP contribution in [0.5, 0.6) is 5.75 Å². The van der Waals surface area contributed by atoms with Gasteiger partial charge in [-0.05, 0) is 44.2 Å². The quantitative estimate of drug-likeness (QED) is 0.901. The highest BCUT2D eigenvalue weighted by Crippen LogP contribution is 2.19. The van der Waals surface area contributed by atoms with E-state index in [1.165, 1.54) is 12.1 Å². The molecular weight excluding hydrogens is 302 g/mol. The first-order valence-corrected chi connectivity index (χ1v) is 6.57. The van der Waals surface area contributed by atoms with Gasteiger partial charge in [0.25, 0.3) is 0 Å². The Bertz CT molecular complexity index is 357. The number of likely N-dealkylation sites (tertiary alicyclic amines) is 1. The van der Waals surface area contributed by atoms with Gasteiger partial charge in [0.1, 0.15) is 17.7 Å². The van der Waals surface area contributed by atoms with Gasteiger partial charge in [-0.2, -0.15) is 0 Å². The Morgan fingerprint density at radius 2 is 1.80 bits per heavy atom. The van der Waals surface area contributed by atoms with Gasteiger partial charge in [-0.15, -0.1) is 24.8 Å². The summed E-state index contributed by atoms with van der Waals surface area (Å²) >= 11 is 0. The third-order valence-corrected chi connectivity index (χ3v) is 3.33. The minimum Gasteiger partial charge on any atom is -0.490 e. The van der Waals surface area contributed by atoms with Gasteiger partial charge in [0, 0.05) is 26.2 Å². The first-order chi connectivity index (χ1) is 8.78. The van der Waals surface area contributed by atoms with E-state index in [-0.39, 0.29) is 36.7 Å². The molecule has 0 radical (unpaired) electrons. The van der Waals surface area contributed by atoms with Crippen LogP contribution in [0.4, 0.5) is 4.39 Å². The van der Waals surface area contributed by atoms with Crippen LogP contribution in [0.15, 0.2) is 24.3 Å². The number of hydrogen-bond acceptors (Lipinski definition) is 3. The van der Waals surface area contributed by atoms with E-state index in [0.29, 0.717) is 0 Å². The van der Waals surface area contributed by atoms with E-state index >= 15 is 0 Å². The molecule has 6 heteroatoms. The van der Waals surface area contributed by atoms with Crippen molar-refractivity contribution >= 4 is 24.8 Å². The monoisotopic (exact) mass is 324 g/mol. The summed E-state index contributed by atoms with van der Waals surface area (Å²) in [5.74, 6) is 0.550. The largest absolute Gasteiger partial charge is 0.490 e. The van der Waals surface area contributed by atoms with E-state index in [1.54, 1.807) is 12.1 Å². The Hall–Kier alpha value is -0.550. The molecule has 1 fully saturated rings. The molecule has 0 aromatic heterocycles. The zero-order valence-electron chi connectivity index (χ0n) is 11.7. The molecule has 116 valence electrons. The molecule has 0 atom stereocenters. The van der Waals surface area contributed by atoms with E-state index < -0.39 is 0 Å². The van der Waals surface area contributed by atoms with Crippen LogP contribution < -0.4 is 10.1 Å². The second kappa shape index (κ2) is 10.2. The minimum atomic E-state index is -0.218. The van der Waals surface area contributed by atoms with Crippen LogP contribution in [0.2, 0.25) is 0 Å². The predicted octanol–water partition coefficient (Wildman–Crippen LogP) is 2.73. The molecule has 0 bridgehead atoms. The van der Waals surface area contributed by atoms with E-state index in [2.05, 4.69) is 10.2 Å². The molecule has 3 nitrogen and oxygen atoms in total. The van der Waals surface area contributed by atoms with E-state index in [4.69, 9.17) is 4.74 Å². The lowest BCUT2D eigenvalue weighted by Gasteiger charge is -2.32. The van der Waals surface area contributed by atoms with Gasteiger partial charge in [0.2, 0.25) is 0 Å². The van der Waals surface area contributed by atoms with E-state index in [0.717, 1.165) is 44.8 Å². The van der Waals surface area contributed by atoms with Gasteiger partial charge in [-0.25, -0.2) is 4.39 Å². The molecule has 1 aliphatic rings. The van der Waals surface area contributed by atoms with Crippen molar-refractivity contribution in [1.29, 1.82) is 0 Å². The second-order valence-corrected chi connectivity index (χ2v) is 4.72. The summed E-state index contributed by atoms with van der Waals surface area (Å²) in [5, 5.41) is 3.16. The molecule has 1 aromatic rings. The van der Waals surface area contributed by atoms with E-state index in [1.807, 2.05) is 7.05 Å². The fourth-order valence-electron chi connectivity index (χ4n) is 2.23. The van der Waals surface area contributed by atoms with Crippen LogP contribution in [-0.2, 0) is 0 Å². The molecule has 0 unspecified atom stereocenters. The lowest BCUT2D eigenvalue weighted by atomic mass is 10.1. The number of benzene rings is 1. The molecule has 20 heavy (non-hydrogen) atoms. The molecule has 2 rings (SSSR count). The van der Waals surface area contributed by atoms with Crippen LogP contribution in [0, 0.1) is 5.82 Å². The molecule has 1 heterocycles. The third kappa shape index (κ3) is 6.27. The van der Waals surface area contributed by atoms with Crippen LogP contribution in [0.25, 0.3) is 0 Å². The Labute approximate surface area is 132 Å². The average molecular weight is 325 g/mol. The first kappa shape index (κ1) is 19.4. The average Bonchev–Trinajstić information content (AvgIpc) is 2.41. The maximum atomic E-state index is 12.8. The molecule has 0 spiro atoms. The zero-order chi connectivity index (χ0) is 12.8. The topological polar surface area (TPSA) is 24.5 Å². The molecule has 1 aliphatic heterocycles. The zero-order valence-corrected chi connectivity index (χ0v) is 13.3. The van der Waals surface area contributed by atoms with Crippen molar-refractivity contribution in [2.75, 3.05) is 33.2 Å². The van der Waals surface area contributed by atoms with Crippen LogP contribution in [0.3, 0.4) is 0 Å². The molecule has 0 amide bonds. The number of halogens is 3. The number of nitrogens with one attached hydrogen (secondary N) is 1. The second-order valence-electron chi connectivity index (χ2n) is 4.72. The molecule has 1 N–H and O–H groups in total. The van der Waals surface area contributed by atoms with Crippen molar-refractivity contribution in [3.05, 3.63) is 30.1 Å². The maximum Gasteiger partial charge on any atom is 0.123 e. The molecule has 1 aromatic carbocycles. The van der Waals surface area contributed by atoms with Gasteiger partial charge in [-0.3, -0.25) is 0 Å². The van der Waals surface area contributed by atoms with Crippen molar-refractivity contribution in [3.8, 4) is 5.75 Å². The van der Waals surface area contributed by atoms with Crippen LogP contribution in [0.1, 0.15) is 12.8 Å². The number of rotatable bonds is 5. The normalized spacial score (nSPS) is 16.1. The lowest BCUT2D eigenvalue weighted by Crippen LogP contribution is -2.40. The van der Waals surface area contributed by atoms with Crippen molar-refractivity contribution in [3.63, 3.8) is 0 Å². The third-order valence-electron chi connectivity index (χ3n) is 3.33. The van der Waals surface area contributed by atoms with Gasteiger partial charge in [0.15, 0.2) is 0 Å². The SMILES string of the molecule is CNCCN1CCC(Oc2ccc(F)cc2)CC1.Cl.Cl. The summed E-state index contributed by atoms with van der Waals surface area (Å²) in [6, 6.07) is 6.28. The molecule has 0 saturated carbocycles. The van der Waals surface area contributed by atoms with Crippen molar-refractivity contribution in [2.45, 2.75) is 18.9 Å². The standard InChI is InChI=1S/C14H21FN2O.2ClH/c1-16-8-11-17-9-6-14(7-10-17)18-13-4-2-12(15)3-5-13;;/h2-5,14,16H,6-11H2,1H3;2*1H. The van der Waals surface area contributed by atoms with Gasteiger partial charge in [-0.1, -0.05) is 0 Å². The smallest absolute Gasteiger partial charge is 0.123 e. The van der Waals surface area contributed by atoms with Crippen LogP contribution >= 0.6 is 24.8 Å². The van der Waals surface area contributed by atoms with Crippen molar-refractivity contribution < 1.29 is 9.13 Å². The maximum absolute atomic E-state index is 12.8. The van der Waals surface area contributed by atoms with Gasteiger partial charge >= 0.3 is 0 Å². The first-order valence-electron chi connectivity index (χ1n) is 6.57. The highest BCUT2D eigenvalue weighted by molar-refractivity contribution is 5.85. The Morgan fingerprint density at radius 1 is 1.20 bits per heavy atom. The summed E-state index contributed by atoms with van der Waals surface area (Å²) in [6.07, 6.45) is 2.35. The van der Waals surface area contributed by atoms with Gasteiger partial charge in [0.05, 0.1) is 0 Å². The summed E-state index contributed by atoms with van der Waals surface area (Å²) < 4.78 is 18.6.